The minimum atomic E-state index is -0.491. The van der Waals surface area contributed by atoms with Gasteiger partial charge in [-0.2, -0.15) is 0 Å². The molecular formula is C15H13ClN4O3S. The third kappa shape index (κ3) is 4.64. The number of aryl methyl sites for hydroxylation is 1. The molecule has 0 aliphatic carbocycles. The zero-order valence-corrected chi connectivity index (χ0v) is 14.1. The summed E-state index contributed by atoms with van der Waals surface area (Å²) in [6.45, 7) is 1.84. The molecule has 24 heavy (non-hydrogen) atoms. The number of hydrazine groups is 1. The molecule has 0 fully saturated rings. The van der Waals surface area contributed by atoms with Crippen LogP contribution in [0.5, 0.6) is 0 Å². The molecule has 2 rings (SSSR count). The van der Waals surface area contributed by atoms with Crippen LogP contribution in [-0.4, -0.2) is 15.9 Å². The van der Waals surface area contributed by atoms with Crippen LogP contribution in [-0.2, 0) is 0 Å². The average Bonchev–Trinajstić information content (AvgIpc) is 2.55. The lowest BCUT2D eigenvalue weighted by Gasteiger charge is -2.12. The van der Waals surface area contributed by atoms with Gasteiger partial charge in [0.15, 0.2) is 5.11 Å². The first-order chi connectivity index (χ1) is 11.4. The highest BCUT2D eigenvalue weighted by atomic mass is 35.5. The van der Waals surface area contributed by atoms with Crippen LogP contribution in [0, 0.1) is 17.0 Å². The number of non-ortho nitro benzene ring substituents is 1. The summed E-state index contributed by atoms with van der Waals surface area (Å²) in [5.74, 6) is -0.403. The van der Waals surface area contributed by atoms with Gasteiger partial charge in [-0.25, -0.2) is 0 Å². The molecular weight excluding hydrogens is 352 g/mol. The number of hydrogen-bond acceptors (Lipinski definition) is 5. The molecule has 3 N–H and O–H groups in total. The zero-order valence-electron chi connectivity index (χ0n) is 12.5. The van der Waals surface area contributed by atoms with E-state index in [4.69, 9.17) is 23.8 Å². The number of anilines is 1. The average molecular weight is 365 g/mol. The van der Waals surface area contributed by atoms with Crippen molar-refractivity contribution < 1.29 is 9.72 Å². The number of nitrogens with zero attached hydrogens (tertiary/aromatic N) is 1. The van der Waals surface area contributed by atoms with Crippen LogP contribution in [0.15, 0.2) is 42.5 Å². The second-order valence-electron chi connectivity index (χ2n) is 4.80. The summed E-state index contributed by atoms with van der Waals surface area (Å²) < 4.78 is 0. The van der Waals surface area contributed by atoms with E-state index in [2.05, 4.69) is 16.2 Å². The van der Waals surface area contributed by atoms with Crippen LogP contribution >= 0.6 is 23.8 Å². The fourth-order valence-corrected chi connectivity index (χ4v) is 2.06. The number of nitro benzene ring substituents is 1. The fraction of sp³-hybridized carbons (Fsp3) is 0.0667. The highest BCUT2D eigenvalue weighted by Gasteiger charge is 2.09. The Kier molecular flexibility index (Phi) is 5.67. The smallest absolute Gasteiger partial charge is 0.269 e. The number of nitrogens with one attached hydrogen (secondary N) is 3. The molecule has 0 unspecified atom stereocenters. The Balaban J connectivity index is 1.89. The lowest BCUT2D eigenvalue weighted by molar-refractivity contribution is -0.384. The van der Waals surface area contributed by atoms with Gasteiger partial charge >= 0.3 is 0 Å². The number of carbonyl (C=O) groups excluding carboxylic acids is 1. The molecule has 124 valence electrons. The predicted octanol–water partition coefficient (Wildman–Crippen LogP) is 3.19. The largest absolute Gasteiger partial charge is 0.299 e. The monoisotopic (exact) mass is 364 g/mol. The molecule has 9 heteroatoms. The van der Waals surface area contributed by atoms with Gasteiger partial charge in [-0.1, -0.05) is 17.7 Å². The number of nitro groups is 1. The lowest BCUT2D eigenvalue weighted by Crippen LogP contribution is -2.41. The molecule has 2 aromatic carbocycles. The van der Waals surface area contributed by atoms with Crippen molar-refractivity contribution in [1.29, 1.82) is 0 Å². The molecule has 0 saturated carbocycles. The Labute approximate surface area is 148 Å². The van der Waals surface area contributed by atoms with Crippen molar-refractivity contribution in [2.45, 2.75) is 6.92 Å². The predicted molar refractivity (Wildman–Crippen MR) is 96.1 cm³/mol. The maximum Gasteiger partial charge on any atom is 0.269 e. The van der Waals surface area contributed by atoms with Gasteiger partial charge in [0.2, 0.25) is 0 Å². The first-order valence-electron chi connectivity index (χ1n) is 6.75. The summed E-state index contributed by atoms with van der Waals surface area (Å²) in [4.78, 5) is 22.1. The summed E-state index contributed by atoms with van der Waals surface area (Å²) in [5, 5.41) is 13.6. The molecule has 1 amide bonds. The molecule has 0 aliphatic heterocycles. The van der Waals surface area contributed by atoms with E-state index < -0.39 is 10.8 Å². The number of benzene rings is 2. The number of thiocarbonyl (C=S) groups is 1. The SMILES string of the molecule is Cc1ccc(C(=O)NC(=S)NNc2ccc([N+](=O)[O-])cc2)cc1Cl. The summed E-state index contributed by atoms with van der Waals surface area (Å²) in [6, 6.07) is 10.6. The Morgan fingerprint density at radius 1 is 1.21 bits per heavy atom. The van der Waals surface area contributed by atoms with Gasteiger partial charge in [-0.3, -0.25) is 31.1 Å². The van der Waals surface area contributed by atoms with E-state index in [1.165, 1.54) is 24.3 Å². The normalized spacial score (nSPS) is 9.92. The van der Waals surface area contributed by atoms with Crippen LogP contribution in [0.3, 0.4) is 0 Å². The fourth-order valence-electron chi connectivity index (χ4n) is 1.74. The summed E-state index contributed by atoms with van der Waals surface area (Å²) in [6.07, 6.45) is 0. The first kappa shape index (κ1) is 17.6. The van der Waals surface area contributed by atoms with Crippen molar-refractivity contribution in [3.8, 4) is 0 Å². The molecule has 7 nitrogen and oxygen atoms in total. The van der Waals surface area contributed by atoms with Crippen molar-refractivity contribution in [3.05, 3.63) is 68.7 Å². The second kappa shape index (κ2) is 7.71. The molecule has 0 bridgehead atoms. The highest BCUT2D eigenvalue weighted by Crippen LogP contribution is 2.16. The van der Waals surface area contributed by atoms with Gasteiger partial charge in [0.05, 0.1) is 10.6 Å². The second-order valence-corrected chi connectivity index (χ2v) is 5.62. The maximum absolute atomic E-state index is 12.0. The topological polar surface area (TPSA) is 96.3 Å². The zero-order chi connectivity index (χ0) is 17.7. The van der Waals surface area contributed by atoms with E-state index in [0.29, 0.717) is 16.3 Å². The summed E-state index contributed by atoms with van der Waals surface area (Å²) in [7, 11) is 0. The Morgan fingerprint density at radius 2 is 1.88 bits per heavy atom. The van der Waals surface area contributed by atoms with Crippen molar-refractivity contribution in [1.82, 2.24) is 10.7 Å². The standard InChI is InChI=1S/C15H13ClN4O3S/c1-9-2-3-10(8-13(9)16)14(21)17-15(24)19-18-11-4-6-12(7-5-11)20(22)23/h2-8,18H,1H3,(H2,17,19,21,24). The molecule has 0 saturated heterocycles. The Hall–Kier alpha value is -2.71. The van der Waals surface area contributed by atoms with Gasteiger partial charge in [0.25, 0.3) is 11.6 Å². The van der Waals surface area contributed by atoms with E-state index in [-0.39, 0.29) is 10.8 Å². The van der Waals surface area contributed by atoms with Crippen LogP contribution in [0.25, 0.3) is 0 Å². The Morgan fingerprint density at radius 3 is 2.46 bits per heavy atom. The van der Waals surface area contributed by atoms with Crippen molar-refractivity contribution in [2.75, 3.05) is 5.43 Å². The Bertz CT molecular complexity index is 796. The third-order valence-electron chi connectivity index (χ3n) is 3.06. The van der Waals surface area contributed by atoms with Crippen molar-refractivity contribution in [3.63, 3.8) is 0 Å². The van der Waals surface area contributed by atoms with Crippen LogP contribution < -0.4 is 16.2 Å². The highest BCUT2D eigenvalue weighted by molar-refractivity contribution is 7.80. The minimum absolute atomic E-state index is 0.0207. The van der Waals surface area contributed by atoms with E-state index in [9.17, 15) is 14.9 Å². The van der Waals surface area contributed by atoms with Gasteiger partial charge in [-0.05, 0) is 49.0 Å². The summed E-state index contributed by atoms with van der Waals surface area (Å²) >= 11 is 11.0. The molecule has 0 heterocycles. The molecule has 0 aliphatic rings. The van der Waals surface area contributed by atoms with Crippen LogP contribution in [0.1, 0.15) is 15.9 Å². The quantitative estimate of drug-likeness (QED) is 0.438. The number of amides is 1. The van der Waals surface area contributed by atoms with Crippen molar-refractivity contribution >= 4 is 46.2 Å². The number of halogens is 1. The van der Waals surface area contributed by atoms with Gasteiger partial charge in [-0.15, -0.1) is 0 Å². The van der Waals surface area contributed by atoms with Gasteiger partial charge < -0.3 is 0 Å². The van der Waals surface area contributed by atoms with Crippen LogP contribution in [0.2, 0.25) is 5.02 Å². The van der Waals surface area contributed by atoms with E-state index in [1.807, 2.05) is 6.92 Å². The molecule has 0 radical (unpaired) electrons. The van der Waals surface area contributed by atoms with E-state index in [0.717, 1.165) is 5.56 Å². The van der Waals surface area contributed by atoms with E-state index in [1.54, 1.807) is 18.2 Å². The summed E-state index contributed by atoms with van der Waals surface area (Å²) in [5.41, 5.74) is 7.13. The molecule has 0 spiro atoms. The molecule has 2 aromatic rings. The molecule has 0 atom stereocenters. The van der Waals surface area contributed by atoms with Gasteiger partial charge in [0.1, 0.15) is 0 Å². The maximum atomic E-state index is 12.0. The van der Waals surface area contributed by atoms with Crippen LogP contribution in [0.4, 0.5) is 11.4 Å². The first-order valence-corrected chi connectivity index (χ1v) is 7.53. The third-order valence-corrected chi connectivity index (χ3v) is 3.67. The number of carbonyl (C=O) groups is 1. The number of rotatable bonds is 4. The van der Waals surface area contributed by atoms with Gasteiger partial charge in [0, 0.05) is 22.7 Å². The molecule has 0 aromatic heterocycles. The lowest BCUT2D eigenvalue weighted by atomic mass is 10.1. The number of hydrogen-bond donors (Lipinski definition) is 3. The minimum Gasteiger partial charge on any atom is -0.299 e. The van der Waals surface area contributed by atoms with E-state index >= 15 is 0 Å². The van der Waals surface area contributed by atoms with Crippen molar-refractivity contribution in [2.24, 2.45) is 0 Å².